The van der Waals surface area contributed by atoms with Crippen molar-refractivity contribution in [3.8, 4) is 0 Å². The van der Waals surface area contributed by atoms with E-state index in [9.17, 15) is 9.59 Å². The molecular formula is C18H20N4O3. The number of aryl methyl sites for hydroxylation is 3. The molecule has 0 saturated heterocycles. The molecule has 0 spiro atoms. The van der Waals surface area contributed by atoms with Crippen LogP contribution >= 0.6 is 0 Å². The maximum absolute atomic E-state index is 12.4. The van der Waals surface area contributed by atoms with Gasteiger partial charge in [-0.15, -0.1) is 0 Å². The Labute approximate surface area is 144 Å². The lowest BCUT2D eigenvalue weighted by molar-refractivity contribution is 0.0950. The summed E-state index contributed by atoms with van der Waals surface area (Å²) in [5.41, 5.74) is 3.58. The average molecular weight is 340 g/mol. The van der Waals surface area contributed by atoms with Crippen molar-refractivity contribution in [2.45, 2.75) is 27.2 Å². The maximum Gasteiger partial charge on any atom is 0.279 e. The number of fused-ring (bicyclic) bond motifs is 1. The van der Waals surface area contributed by atoms with Crippen LogP contribution in [0.25, 0.3) is 11.1 Å². The Hall–Kier alpha value is -2.96. The molecule has 0 aliphatic carbocycles. The number of oxazole rings is 1. The van der Waals surface area contributed by atoms with E-state index in [1.165, 1.54) is 11.7 Å². The summed E-state index contributed by atoms with van der Waals surface area (Å²) in [7, 11) is 1.53. The predicted molar refractivity (Wildman–Crippen MR) is 93.7 cm³/mol. The van der Waals surface area contributed by atoms with Crippen LogP contribution in [-0.2, 0) is 13.5 Å². The number of nitrogens with one attached hydrogen (secondary N) is 1. The van der Waals surface area contributed by atoms with Crippen molar-refractivity contribution < 1.29 is 9.21 Å². The third-order valence-electron chi connectivity index (χ3n) is 4.24. The number of hydrogen-bond acceptors (Lipinski definition) is 5. The van der Waals surface area contributed by atoms with Gasteiger partial charge >= 0.3 is 0 Å². The molecule has 0 aliphatic heterocycles. The molecule has 0 aliphatic rings. The minimum Gasteiger partial charge on any atom is -0.441 e. The average Bonchev–Trinajstić information content (AvgIpc) is 2.98. The molecule has 1 aromatic carbocycles. The SMILES string of the molecule is Cc1nn(C)c(=O)c(C(=O)NCCc2nc3c(C)cccc3o2)c1C. The molecule has 0 atom stereocenters. The van der Waals surface area contributed by atoms with Gasteiger partial charge in [0.15, 0.2) is 11.5 Å². The Morgan fingerprint density at radius 1 is 1.28 bits per heavy atom. The Balaban J connectivity index is 1.73. The van der Waals surface area contributed by atoms with E-state index in [-0.39, 0.29) is 5.56 Å². The first-order valence-electron chi connectivity index (χ1n) is 8.06. The number of benzene rings is 1. The highest BCUT2D eigenvalue weighted by Crippen LogP contribution is 2.18. The molecule has 130 valence electrons. The third-order valence-corrected chi connectivity index (χ3v) is 4.24. The van der Waals surface area contributed by atoms with Gasteiger partial charge in [0.1, 0.15) is 11.1 Å². The standard InChI is InChI=1S/C18H20N4O3/c1-10-6-5-7-13-16(10)20-14(25-13)8-9-19-17(23)15-11(2)12(3)21-22(4)18(15)24/h5-7H,8-9H2,1-4H3,(H,19,23). The molecule has 0 saturated carbocycles. The molecule has 0 unspecified atom stereocenters. The number of carbonyl (C=O) groups excluding carboxylic acids is 1. The van der Waals surface area contributed by atoms with Gasteiger partial charge in [-0.25, -0.2) is 9.67 Å². The largest absolute Gasteiger partial charge is 0.441 e. The summed E-state index contributed by atoms with van der Waals surface area (Å²) in [6.45, 7) is 5.80. The number of para-hydroxylation sites is 1. The van der Waals surface area contributed by atoms with Crippen molar-refractivity contribution >= 4 is 17.0 Å². The lowest BCUT2D eigenvalue weighted by atomic mass is 10.1. The lowest BCUT2D eigenvalue weighted by Gasteiger charge is -2.09. The zero-order valence-electron chi connectivity index (χ0n) is 14.7. The van der Waals surface area contributed by atoms with Crippen LogP contribution in [0.5, 0.6) is 0 Å². The Morgan fingerprint density at radius 2 is 2.04 bits per heavy atom. The first kappa shape index (κ1) is 16.9. The van der Waals surface area contributed by atoms with Crippen LogP contribution in [0.1, 0.15) is 33.1 Å². The summed E-state index contributed by atoms with van der Waals surface area (Å²) in [5.74, 6) is 0.149. The zero-order valence-corrected chi connectivity index (χ0v) is 14.7. The summed E-state index contributed by atoms with van der Waals surface area (Å²) >= 11 is 0. The number of rotatable bonds is 4. The molecule has 3 rings (SSSR count). The van der Waals surface area contributed by atoms with Crippen molar-refractivity contribution in [1.82, 2.24) is 20.1 Å². The summed E-state index contributed by atoms with van der Waals surface area (Å²) in [5, 5.41) is 6.84. The van der Waals surface area contributed by atoms with Gasteiger partial charge < -0.3 is 9.73 Å². The highest BCUT2D eigenvalue weighted by atomic mass is 16.3. The Kier molecular flexibility index (Phi) is 4.39. The van der Waals surface area contributed by atoms with Crippen LogP contribution in [0.2, 0.25) is 0 Å². The molecule has 1 N–H and O–H groups in total. The van der Waals surface area contributed by atoms with Crippen LogP contribution in [0.3, 0.4) is 0 Å². The molecule has 0 bridgehead atoms. The number of hydrogen-bond donors (Lipinski definition) is 1. The number of aromatic nitrogens is 3. The predicted octanol–water partition coefficient (Wildman–Crippen LogP) is 1.82. The fourth-order valence-corrected chi connectivity index (χ4v) is 2.73. The van der Waals surface area contributed by atoms with Gasteiger partial charge in [-0.3, -0.25) is 9.59 Å². The third kappa shape index (κ3) is 3.17. The van der Waals surface area contributed by atoms with E-state index in [1.54, 1.807) is 13.8 Å². The van der Waals surface area contributed by atoms with Crippen LogP contribution < -0.4 is 10.9 Å². The second-order valence-corrected chi connectivity index (χ2v) is 6.05. The fourth-order valence-electron chi connectivity index (χ4n) is 2.73. The lowest BCUT2D eigenvalue weighted by Crippen LogP contribution is -2.35. The van der Waals surface area contributed by atoms with E-state index in [2.05, 4.69) is 15.4 Å². The number of nitrogens with zero attached hydrogens (tertiary/aromatic N) is 3. The monoisotopic (exact) mass is 340 g/mol. The van der Waals surface area contributed by atoms with Gasteiger partial charge in [0.2, 0.25) is 0 Å². The van der Waals surface area contributed by atoms with E-state index in [0.29, 0.717) is 30.1 Å². The summed E-state index contributed by atoms with van der Waals surface area (Å²) in [4.78, 5) is 29.0. The normalized spacial score (nSPS) is 11.0. The van der Waals surface area contributed by atoms with E-state index in [4.69, 9.17) is 4.42 Å². The minimum absolute atomic E-state index is 0.128. The smallest absolute Gasteiger partial charge is 0.279 e. The molecule has 7 nitrogen and oxygen atoms in total. The molecule has 0 fully saturated rings. The van der Waals surface area contributed by atoms with Gasteiger partial charge in [0.25, 0.3) is 11.5 Å². The first-order chi connectivity index (χ1) is 11.9. The molecule has 0 radical (unpaired) electrons. The van der Waals surface area contributed by atoms with Gasteiger partial charge in [-0.2, -0.15) is 5.10 Å². The Bertz CT molecular complexity index is 1020. The van der Waals surface area contributed by atoms with Gasteiger partial charge in [0, 0.05) is 20.0 Å². The first-order valence-corrected chi connectivity index (χ1v) is 8.06. The van der Waals surface area contributed by atoms with Gasteiger partial charge in [-0.1, -0.05) is 12.1 Å². The number of amides is 1. The fraction of sp³-hybridized carbons (Fsp3) is 0.333. The molecule has 1 amide bonds. The van der Waals surface area contributed by atoms with Crippen LogP contribution in [0.15, 0.2) is 27.4 Å². The molecule has 3 aromatic rings. The second kappa shape index (κ2) is 6.51. The van der Waals surface area contributed by atoms with E-state index < -0.39 is 11.5 Å². The summed E-state index contributed by atoms with van der Waals surface area (Å²) < 4.78 is 6.87. The van der Waals surface area contributed by atoms with Crippen LogP contribution in [0, 0.1) is 20.8 Å². The highest BCUT2D eigenvalue weighted by molar-refractivity contribution is 5.95. The highest BCUT2D eigenvalue weighted by Gasteiger charge is 2.17. The number of carbonyl (C=O) groups is 1. The molecule has 7 heteroatoms. The van der Waals surface area contributed by atoms with Crippen molar-refractivity contribution in [1.29, 1.82) is 0 Å². The maximum atomic E-state index is 12.4. The van der Waals surface area contributed by atoms with Crippen molar-refractivity contribution in [3.63, 3.8) is 0 Å². The van der Waals surface area contributed by atoms with Crippen LogP contribution in [-0.4, -0.2) is 27.2 Å². The molecule has 25 heavy (non-hydrogen) atoms. The van der Waals surface area contributed by atoms with Gasteiger partial charge in [-0.05, 0) is 38.0 Å². The molecule has 2 heterocycles. The zero-order chi connectivity index (χ0) is 18.1. The van der Waals surface area contributed by atoms with Crippen molar-refractivity contribution in [3.05, 3.63) is 56.8 Å². The topological polar surface area (TPSA) is 90.0 Å². The molecule has 2 aromatic heterocycles. The van der Waals surface area contributed by atoms with Crippen molar-refractivity contribution in [2.24, 2.45) is 7.05 Å². The minimum atomic E-state index is -0.407. The van der Waals surface area contributed by atoms with Crippen molar-refractivity contribution in [2.75, 3.05) is 6.54 Å². The summed E-state index contributed by atoms with van der Waals surface area (Å²) in [6.07, 6.45) is 0.448. The summed E-state index contributed by atoms with van der Waals surface area (Å²) in [6, 6.07) is 5.75. The molecular weight excluding hydrogens is 320 g/mol. The Morgan fingerprint density at radius 3 is 2.76 bits per heavy atom. The van der Waals surface area contributed by atoms with E-state index >= 15 is 0 Å². The van der Waals surface area contributed by atoms with E-state index in [0.717, 1.165) is 16.7 Å². The second-order valence-electron chi connectivity index (χ2n) is 6.05. The van der Waals surface area contributed by atoms with E-state index in [1.807, 2.05) is 25.1 Å². The van der Waals surface area contributed by atoms with Gasteiger partial charge in [0.05, 0.1) is 5.69 Å². The van der Waals surface area contributed by atoms with Crippen LogP contribution in [0.4, 0.5) is 0 Å². The quantitative estimate of drug-likeness (QED) is 0.782.